The number of carbonyl (C=O) groups excluding carboxylic acids is 2. The molecular formula is C20H26N2O3. The number of rotatable bonds is 8. The second kappa shape index (κ2) is 9.06. The van der Waals surface area contributed by atoms with Crippen LogP contribution in [0.1, 0.15) is 41.9 Å². The first-order valence-electron chi connectivity index (χ1n) is 8.61. The highest BCUT2D eigenvalue weighted by atomic mass is 16.3. The summed E-state index contributed by atoms with van der Waals surface area (Å²) in [6, 6.07) is 11.4. The van der Waals surface area contributed by atoms with Crippen LogP contribution in [0.2, 0.25) is 0 Å². The van der Waals surface area contributed by atoms with Crippen molar-refractivity contribution in [2.45, 2.75) is 33.7 Å². The van der Waals surface area contributed by atoms with Crippen molar-refractivity contribution in [3.63, 3.8) is 0 Å². The molecule has 1 aromatic carbocycles. The van der Waals surface area contributed by atoms with Gasteiger partial charge in [0.05, 0.1) is 11.8 Å². The van der Waals surface area contributed by atoms with E-state index in [0.717, 1.165) is 5.56 Å². The van der Waals surface area contributed by atoms with Gasteiger partial charge in [-0.3, -0.25) is 9.59 Å². The van der Waals surface area contributed by atoms with Gasteiger partial charge in [-0.1, -0.05) is 44.2 Å². The van der Waals surface area contributed by atoms with E-state index in [1.54, 1.807) is 17.9 Å². The van der Waals surface area contributed by atoms with Crippen LogP contribution in [-0.2, 0) is 11.3 Å². The maximum atomic E-state index is 12.8. The maximum Gasteiger partial charge on any atom is 0.257 e. The molecule has 5 heteroatoms. The molecule has 2 rings (SSSR count). The van der Waals surface area contributed by atoms with Crippen LogP contribution in [-0.4, -0.2) is 29.8 Å². The van der Waals surface area contributed by atoms with E-state index < -0.39 is 0 Å². The van der Waals surface area contributed by atoms with Gasteiger partial charge in [-0.25, -0.2) is 0 Å². The molecule has 0 atom stereocenters. The molecule has 0 bridgehead atoms. The second-order valence-electron chi connectivity index (χ2n) is 6.55. The minimum absolute atomic E-state index is 0.0384. The predicted octanol–water partition coefficient (Wildman–Crippen LogP) is 3.39. The van der Waals surface area contributed by atoms with E-state index in [4.69, 9.17) is 4.42 Å². The molecule has 0 aliphatic heterocycles. The van der Waals surface area contributed by atoms with Crippen LogP contribution in [0.25, 0.3) is 0 Å². The Hall–Kier alpha value is -2.56. The number of aryl methyl sites for hydroxylation is 1. The van der Waals surface area contributed by atoms with Crippen LogP contribution in [0.4, 0.5) is 0 Å². The van der Waals surface area contributed by atoms with Crippen molar-refractivity contribution in [1.29, 1.82) is 0 Å². The molecule has 0 unspecified atom stereocenters. The van der Waals surface area contributed by atoms with Gasteiger partial charge in [0.15, 0.2) is 0 Å². The topological polar surface area (TPSA) is 62.6 Å². The lowest BCUT2D eigenvalue weighted by molar-refractivity contribution is -0.121. The molecule has 2 aromatic rings. The molecule has 2 amide bonds. The molecular weight excluding hydrogens is 316 g/mol. The maximum absolute atomic E-state index is 12.8. The highest BCUT2D eigenvalue weighted by Gasteiger charge is 2.20. The Morgan fingerprint density at radius 3 is 2.48 bits per heavy atom. The van der Waals surface area contributed by atoms with Gasteiger partial charge in [0.25, 0.3) is 5.91 Å². The first-order chi connectivity index (χ1) is 12.0. The van der Waals surface area contributed by atoms with Gasteiger partial charge in [-0.2, -0.15) is 0 Å². The van der Waals surface area contributed by atoms with E-state index in [-0.39, 0.29) is 18.2 Å². The quantitative estimate of drug-likeness (QED) is 0.800. The number of nitrogens with one attached hydrogen (secondary N) is 1. The van der Waals surface area contributed by atoms with E-state index in [1.807, 2.05) is 44.2 Å². The van der Waals surface area contributed by atoms with Crippen molar-refractivity contribution in [1.82, 2.24) is 10.2 Å². The van der Waals surface area contributed by atoms with Gasteiger partial charge in [0.1, 0.15) is 5.76 Å². The summed E-state index contributed by atoms with van der Waals surface area (Å²) in [4.78, 5) is 26.6. The lowest BCUT2D eigenvalue weighted by atomic mass is 10.1. The van der Waals surface area contributed by atoms with E-state index in [1.165, 1.54) is 6.26 Å². The zero-order valence-electron chi connectivity index (χ0n) is 15.1. The summed E-state index contributed by atoms with van der Waals surface area (Å²) in [5.74, 6) is 0.835. The van der Waals surface area contributed by atoms with E-state index in [0.29, 0.717) is 36.9 Å². The summed E-state index contributed by atoms with van der Waals surface area (Å²) in [6.45, 7) is 7.33. The lowest BCUT2D eigenvalue weighted by Crippen LogP contribution is -2.35. The minimum Gasteiger partial charge on any atom is -0.469 e. The van der Waals surface area contributed by atoms with Gasteiger partial charge in [-0.05, 0) is 24.5 Å². The highest BCUT2D eigenvalue weighted by molar-refractivity contribution is 5.95. The number of amides is 2. The largest absolute Gasteiger partial charge is 0.469 e. The fourth-order valence-corrected chi connectivity index (χ4v) is 2.48. The standard InChI is InChI=1S/C20H26N2O3/c1-15(2)13-21-19(23)9-11-22(14-17-7-5-4-6-8-17)20(24)18-10-12-25-16(18)3/h4-8,10,12,15H,9,11,13-14H2,1-3H3,(H,21,23). The molecule has 0 saturated heterocycles. The molecule has 5 nitrogen and oxygen atoms in total. The fourth-order valence-electron chi connectivity index (χ4n) is 2.48. The van der Waals surface area contributed by atoms with Crippen LogP contribution in [0.15, 0.2) is 47.1 Å². The Kier molecular flexibility index (Phi) is 6.81. The number of hydrogen-bond acceptors (Lipinski definition) is 3. The van der Waals surface area contributed by atoms with E-state index >= 15 is 0 Å². The van der Waals surface area contributed by atoms with Gasteiger partial charge in [-0.15, -0.1) is 0 Å². The molecule has 1 aromatic heterocycles. The van der Waals surface area contributed by atoms with Crippen molar-refractivity contribution in [3.05, 3.63) is 59.5 Å². The van der Waals surface area contributed by atoms with Gasteiger partial charge in [0, 0.05) is 26.1 Å². The molecule has 0 saturated carbocycles. The van der Waals surface area contributed by atoms with Crippen LogP contribution >= 0.6 is 0 Å². The number of carbonyl (C=O) groups is 2. The minimum atomic E-state index is -0.119. The number of nitrogens with zero attached hydrogens (tertiary/aromatic N) is 1. The summed E-state index contributed by atoms with van der Waals surface area (Å²) in [7, 11) is 0. The Morgan fingerprint density at radius 2 is 1.88 bits per heavy atom. The smallest absolute Gasteiger partial charge is 0.257 e. The highest BCUT2D eigenvalue weighted by Crippen LogP contribution is 2.15. The molecule has 0 aliphatic carbocycles. The van der Waals surface area contributed by atoms with Crippen LogP contribution in [0.3, 0.4) is 0 Å². The van der Waals surface area contributed by atoms with Crippen molar-refractivity contribution >= 4 is 11.8 Å². The van der Waals surface area contributed by atoms with E-state index in [9.17, 15) is 9.59 Å². The Morgan fingerprint density at radius 1 is 1.16 bits per heavy atom. The molecule has 0 radical (unpaired) electrons. The van der Waals surface area contributed by atoms with Crippen LogP contribution in [0, 0.1) is 12.8 Å². The average Bonchev–Trinajstić information content (AvgIpc) is 3.03. The van der Waals surface area contributed by atoms with Crippen LogP contribution in [0.5, 0.6) is 0 Å². The van der Waals surface area contributed by atoms with Gasteiger partial charge < -0.3 is 14.6 Å². The Labute approximate surface area is 149 Å². The monoisotopic (exact) mass is 342 g/mol. The SMILES string of the molecule is Cc1occc1C(=O)N(CCC(=O)NCC(C)C)Cc1ccccc1. The fraction of sp³-hybridized carbons (Fsp3) is 0.400. The molecule has 0 fully saturated rings. The summed E-state index contributed by atoms with van der Waals surface area (Å²) in [5.41, 5.74) is 1.57. The number of hydrogen-bond donors (Lipinski definition) is 1. The number of benzene rings is 1. The average molecular weight is 342 g/mol. The normalized spacial score (nSPS) is 10.7. The van der Waals surface area contributed by atoms with Gasteiger partial charge >= 0.3 is 0 Å². The molecule has 1 heterocycles. The summed E-state index contributed by atoms with van der Waals surface area (Å²) >= 11 is 0. The number of furan rings is 1. The molecule has 1 N–H and O–H groups in total. The second-order valence-corrected chi connectivity index (χ2v) is 6.55. The van der Waals surface area contributed by atoms with Crippen molar-refractivity contribution in [2.24, 2.45) is 5.92 Å². The zero-order chi connectivity index (χ0) is 18.2. The first kappa shape index (κ1) is 18.8. The first-order valence-corrected chi connectivity index (χ1v) is 8.61. The summed E-state index contributed by atoms with van der Waals surface area (Å²) in [6.07, 6.45) is 1.79. The Bertz CT molecular complexity index is 692. The third kappa shape index (κ3) is 5.78. The van der Waals surface area contributed by atoms with Crippen molar-refractivity contribution in [3.8, 4) is 0 Å². The third-order valence-corrected chi connectivity index (χ3v) is 3.91. The predicted molar refractivity (Wildman–Crippen MR) is 97.1 cm³/mol. The van der Waals surface area contributed by atoms with Crippen molar-refractivity contribution in [2.75, 3.05) is 13.1 Å². The summed E-state index contributed by atoms with van der Waals surface area (Å²) in [5, 5.41) is 2.89. The molecule has 0 aliphatic rings. The molecule has 134 valence electrons. The molecule has 0 spiro atoms. The van der Waals surface area contributed by atoms with Gasteiger partial charge in [0.2, 0.25) is 5.91 Å². The van der Waals surface area contributed by atoms with Crippen molar-refractivity contribution < 1.29 is 14.0 Å². The molecule has 25 heavy (non-hydrogen) atoms. The lowest BCUT2D eigenvalue weighted by Gasteiger charge is -2.22. The van der Waals surface area contributed by atoms with E-state index in [2.05, 4.69) is 5.32 Å². The summed E-state index contributed by atoms with van der Waals surface area (Å²) < 4.78 is 5.25. The van der Waals surface area contributed by atoms with Crippen LogP contribution < -0.4 is 5.32 Å². The third-order valence-electron chi connectivity index (χ3n) is 3.91. The zero-order valence-corrected chi connectivity index (χ0v) is 15.1. The Balaban J connectivity index is 2.05.